The van der Waals surface area contributed by atoms with Gasteiger partial charge in [-0.05, 0) is 24.3 Å². The van der Waals surface area contributed by atoms with Crippen molar-refractivity contribution < 1.29 is 9.31 Å². The molecule has 0 aliphatic carbocycles. The number of anilines is 2. The van der Waals surface area contributed by atoms with E-state index >= 15 is 0 Å². The topological polar surface area (TPSA) is 49.6 Å². The molecule has 0 N–H and O–H groups in total. The Morgan fingerprint density at radius 1 is 1.29 bits per heavy atom. The van der Waals surface area contributed by atoms with E-state index in [0.29, 0.717) is 23.2 Å². The summed E-state index contributed by atoms with van der Waals surface area (Å²) in [5.74, 6) is 0.464. The van der Waals surface area contributed by atoms with Gasteiger partial charge < -0.3 is 9.80 Å². The van der Waals surface area contributed by atoms with Crippen LogP contribution in [0.5, 0.6) is 0 Å². The van der Waals surface area contributed by atoms with Crippen molar-refractivity contribution in [3.05, 3.63) is 28.1 Å². The molecule has 1 saturated heterocycles. The Hall–Kier alpha value is -1.85. The molecule has 2 rings (SSSR count). The fourth-order valence-corrected chi connectivity index (χ4v) is 3.15. The smallest absolute Gasteiger partial charge is 0.295 e. The molecule has 0 radical (unpaired) electrons. The first-order valence-corrected chi connectivity index (χ1v) is 7.19. The van der Waals surface area contributed by atoms with Crippen LogP contribution in [0.4, 0.5) is 21.5 Å². The fraction of sp³-hybridized carbons (Fsp3) is 0.600. The van der Waals surface area contributed by atoms with E-state index in [1.165, 1.54) is 0 Å². The van der Waals surface area contributed by atoms with Gasteiger partial charge in [0.15, 0.2) is 5.82 Å². The maximum atomic E-state index is 14.3. The second-order valence-corrected chi connectivity index (χ2v) is 6.29. The number of rotatable bonds is 3. The summed E-state index contributed by atoms with van der Waals surface area (Å²) in [6, 6.07) is 2.63. The highest BCUT2D eigenvalue weighted by Gasteiger charge is 2.27. The Balaban J connectivity index is 2.44. The van der Waals surface area contributed by atoms with Crippen molar-refractivity contribution in [2.75, 3.05) is 37.0 Å². The van der Waals surface area contributed by atoms with Crippen molar-refractivity contribution in [3.63, 3.8) is 0 Å². The molecule has 1 fully saturated rings. The van der Waals surface area contributed by atoms with E-state index in [4.69, 9.17) is 0 Å². The Bertz CT molecular complexity index is 538. The average molecular weight is 295 g/mol. The van der Waals surface area contributed by atoms with E-state index in [1.807, 2.05) is 4.90 Å². The van der Waals surface area contributed by atoms with Gasteiger partial charge in [0.05, 0.1) is 16.7 Å². The van der Waals surface area contributed by atoms with Crippen LogP contribution in [0.25, 0.3) is 0 Å². The molecule has 0 saturated carbocycles. The molecule has 1 heterocycles. The quantitative estimate of drug-likeness (QED) is 0.634. The van der Waals surface area contributed by atoms with E-state index in [9.17, 15) is 14.5 Å². The Kier molecular flexibility index (Phi) is 4.34. The zero-order chi connectivity index (χ0) is 15.7. The van der Waals surface area contributed by atoms with Crippen LogP contribution in [-0.2, 0) is 0 Å². The molecule has 1 aromatic rings. The Morgan fingerprint density at radius 3 is 2.33 bits per heavy atom. The summed E-state index contributed by atoms with van der Waals surface area (Å²) in [6.07, 6.45) is 1.13. The van der Waals surface area contributed by atoms with Crippen molar-refractivity contribution in [2.24, 2.45) is 11.8 Å². The molecule has 6 heteroatoms. The van der Waals surface area contributed by atoms with Crippen LogP contribution >= 0.6 is 0 Å². The van der Waals surface area contributed by atoms with Crippen LogP contribution in [0.3, 0.4) is 0 Å². The highest BCUT2D eigenvalue weighted by atomic mass is 19.1. The normalized spacial score (nSPS) is 22.2. The van der Waals surface area contributed by atoms with Gasteiger partial charge in [0.25, 0.3) is 5.69 Å². The third-order valence-electron chi connectivity index (χ3n) is 3.93. The molecule has 0 unspecified atom stereocenters. The first-order chi connectivity index (χ1) is 9.79. The molecule has 0 amide bonds. The second-order valence-electron chi connectivity index (χ2n) is 6.29. The molecule has 5 nitrogen and oxygen atoms in total. The average Bonchev–Trinajstić information content (AvgIpc) is 2.36. The number of hydrogen-bond donors (Lipinski definition) is 0. The van der Waals surface area contributed by atoms with E-state index in [1.54, 1.807) is 25.1 Å². The zero-order valence-corrected chi connectivity index (χ0v) is 13.0. The maximum Gasteiger partial charge on any atom is 0.295 e. The van der Waals surface area contributed by atoms with Gasteiger partial charge in [-0.2, -0.15) is 0 Å². The van der Waals surface area contributed by atoms with E-state index in [2.05, 4.69) is 13.8 Å². The molecule has 0 aromatic heterocycles. The minimum Gasteiger partial charge on any atom is -0.372 e. The number of nitrogens with zero attached hydrogens (tertiary/aromatic N) is 3. The number of piperidine rings is 1. The molecule has 1 aliphatic heterocycles. The van der Waals surface area contributed by atoms with Crippen molar-refractivity contribution in [1.29, 1.82) is 0 Å². The summed E-state index contributed by atoms with van der Waals surface area (Å²) in [6.45, 7) is 5.87. The molecule has 0 bridgehead atoms. The molecule has 1 aromatic carbocycles. The van der Waals surface area contributed by atoms with Gasteiger partial charge in [-0.15, -0.1) is 0 Å². The van der Waals surface area contributed by atoms with Crippen LogP contribution in [0, 0.1) is 27.8 Å². The minimum atomic E-state index is -0.538. The lowest BCUT2D eigenvalue weighted by Gasteiger charge is -2.37. The summed E-state index contributed by atoms with van der Waals surface area (Å²) in [7, 11) is 3.46. The van der Waals surface area contributed by atoms with E-state index in [-0.39, 0.29) is 5.69 Å². The first-order valence-electron chi connectivity index (χ1n) is 7.19. The monoisotopic (exact) mass is 295 g/mol. The molecular formula is C15H22FN3O2. The third kappa shape index (κ3) is 3.25. The van der Waals surface area contributed by atoms with Crippen LogP contribution in [0.15, 0.2) is 12.1 Å². The summed E-state index contributed by atoms with van der Waals surface area (Å²) >= 11 is 0. The predicted molar refractivity (Wildman–Crippen MR) is 82.5 cm³/mol. The van der Waals surface area contributed by atoms with Gasteiger partial charge in [-0.25, -0.2) is 4.39 Å². The van der Waals surface area contributed by atoms with Gasteiger partial charge in [-0.1, -0.05) is 13.8 Å². The third-order valence-corrected chi connectivity index (χ3v) is 3.93. The largest absolute Gasteiger partial charge is 0.372 e. The van der Waals surface area contributed by atoms with E-state index < -0.39 is 10.7 Å². The molecule has 2 atom stereocenters. The number of nitro groups is 1. The lowest BCUT2D eigenvalue weighted by molar-refractivity contribution is -0.384. The predicted octanol–water partition coefficient (Wildman–Crippen LogP) is 3.28. The van der Waals surface area contributed by atoms with Gasteiger partial charge >= 0.3 is 0 Å². The van der Waals surface area contributed by atoms with Gasteiger partial charge in [0.1, 0.15) is 5.69 Å². The number of hydrogen-bond acceptors (Lipinski definition) is 4. The zero-order valence-electron chi connectivity index (χ0n) is 13.0. The first kappa shape index (κ1) is 15.5. The lowest BCUT2D eigenvalue weighted by Crippen LogP contribution is -2.39. The number of nitro benzene ring substituents is 1. The summed E-state index contributed by atoms with van der Waals surface area (Å²) in [5.41, 5.74) is 0.698. The van der Waals surface area contributed by atoms with Crippen LogP contribution < -0.4 is 9.80 Å². The van der Waals surface area contributed by atoms with E-state index in [0.717, 1.165) is 25.6 Å². The van der Waals surface area contributed by atoms with Crippen molar-refractivity contribution >= 4 is 17.1 Å². The van der Waals surface area contributed by atoms with Crippen LogP contribution in [0.1, 0.15) is 20.3 Å². The SMILES string of the molecule is C[C@H]1C[C@H](C)CN(c2cc(N(C)C)c([N+](=O)[O-])cc2F)C1. The number of halogens is 1. The molecule has 1 aliphatic rings. The summed E-state index contributed by atoms with van der Waals surface area (Å²) in [4.78, 5) is 14.2. The molecular weight excluding hydrogens is 273 g/mol. The molecule has 0 spiro atoms. The Morgan fingerprint density at radius 2 is 1.86 bits per heavy atom. The number of benzene rings is 1. The Labute approximate surface area is 124 Å². The van der Waals surface area contributed by atoms with Crippen molar-refractivity contribution in [1.82, 2.24) is 0 Å². The van der Waals surface area contributed by atoms with Gasteiger partial charge in [-0.3, -0.25) is 10.1 Å². The fourth-order valence-electron chi connectivity index (χ4n) is 3.15. The van der Waals surface area contributed by atoms with Gasteiger partial charge in [0, 0.05) is 27.2 Å². The van der Waals surface area contributed by atoms with Crippen molar-refractivity contribution in [3.8, 4) is 0 Å². The maximum absolute atomic E-state index is 14.3. The van der Waals surface area contributed by atoms with Crippen LogP contribution in [0.2, 0.25) is 0 Å². The summed E-state index contributed by atoms with van der Waals surface area (Å²) < 4.78 is 14.3. The van der Waals surface area contributed by atoms with Crippen LogP contribution in [-0.4, -0.2) is 32.1 Å². The van der Waals surface area contributed by atoms with Crippen molar-refractivity contribution in [2.45, 2.75) is 20.3 Å². The lowest BCUT2D eigenvalue weighted by atomic mass is 9.91. The standard InChI is InChI=1S/C15H22FN3O2/c1-10-5-11(2)9-18(8-10)13-7-14(17(3)4)15(19(20)21)6-12(13)16/h6-7,10-11H,5,8-9H2,1-4H3/t10-,11-/m0/s1. The molecule has 116 valence electrons. The highest BCUT2D eigenvalue weighted by Crippen LogP contribution is 2.36. The highest BCUT2D eigenvalue weighted by molar-refractivity contribution is 5.70. The minimum absolute atomic E-state index is 0.195. The molecule has 21 heavy (non-hydrogen) atoms. The van der Waals surface area contributed by atoms with Gasteiger partial charge in [0.2, 0.25) is 0 Å². The summed E-state index contributed by atoms with van der Waals surface area (Å²) in [5, 5.41) is 11.1. The second kappa shape index (κ2) is 5.87.